The molecule has 4 aromatic rings. The molecule has 4 rings (SSSR count). The molecule has 0 bridgehead atoms. The molecule has 0 saturated heterocycles. The zero-order valence-electron chi connectivity index (χ0n) is 16.2. The van der Waals surface area contributed by atoms with Crippen LogP contribution in [-0.4, -0.2) is 25.2 Å². The van der Waals surface area contributed by atoms with Gasteiger partial charge in [-0.25, -0.2) is 9.67 Å². The summed E-state index contributed by atoms with van der Waals surface area (Å²) < 4.78 is 3.07. The minimum absolute atomic E-state index is 0.0373. The van der Waals surface area contributed by atoms with Gasteiger partial charge >= 0.3 is 0 Å². The number of carbonyl (C=O) groups excluding carboxylic acids is 1. The van der Waals surface area contributed by atoms with Crippen LogP contribution >= 0.6 is 11.8 Å². The number of amides is 1. The van der Waals surface area contributed by atoms with Crippen LogP contribution in [0.1, 0.15) is 6.42 Å². The number of hydrogen-bond donors (Lipinski definition) is 2. The lowest BCUT2D eigenvalue weighted by Crippen LogP contribution is -2.31. The molecule has 0 saturated carbocycles. The van der Waals surface area contributed by atoms with Gasteiger partial charge in [0, 0.05) is 30.8 Å². The number of benzene rings is 2. The second-order valence-corrected chi connectivity index (χ2v) is 7.67. The average Bonchev–Trinajstić information content (AvgIpc) is 3.15. The number of hydrogen-bond acceptors (Lipinski definition) is 5. The summed E-state index contributed by atoms with van der Waals surface area (Å²) >= 11 is 1.44. The zero-order chi connectivity index (χ0) is 21.1. The fourth-order valence-corrected chi connectivity index (χ4v) is 3.93. The molecule has 0 radical (unpaired) electrons. The van der Waals surface area contributed by atoms with Crippen LogP contribution in [0.3, 0.4) is 0 Å². The van der Waals surface area contributed by atoms with Gasteiger partial charge in [0.25, 0.3) is 11.1 Å². The highest BCUT2D eigenvalue weighted by molar-refractivity contribution is 7.99. The van der Waals surface area contributed by atoms with Crippen molar-refractivity contribution in [1.29, 1.82) is 0 Å². The van der Waals surface area contributed by atoms with E-state index in [2.05, 4.69) is 15.4 Å². The summed E-state index contributed by atoms with van der Waals surface area (Å²) in [4.78, 5) is 42.4. The smallest absolute Gasteiger partial charge is 0.273 e. The molecule has 0 atom stereocenters. The van der Waals surface area contributed by atoms with Crippen LogP contribution in [-0.2, 0) is 18.4 Å². The van der Waals surface area contributed by atoms with Gasteiger partial charge in [-0.2, -0.15) is 0 Å². The summed E-state index contributed by atoms with van der Waals surface area (Å²) in [6.07, 6.45) is 3.60. The number of fused-ring (bicyclic) bond motifs is 1. The van der Waals surface area contributed by atoms with Crippen molar-refractivity contribution in [2.45, 2.75) is 23.0 Å². The Kier molecular flexibility index (Phi) is 5.53. The van der Waals surface area contributed by atoms with Gasteiger partial charge in [-0.05, 0) is 36.0 Å². The molecule has 9 heteroatoms. The third-order valence-electron chi connectivity index (χ3n) is 4.59. The van der Waals surface area contributed by atoms with Crippen molar-refractivity contribution in [3.05, 3.63) is 81.6 Å². The molecule has 2 aromatic carbocycles. The van der Waals surface area contributed by atoms with Gasteiger partial charge in [0.2, 0.25) is 5.91 Å². The van der Waals surface area contributed by atoms with Crippen LogP contribution in [0.5, 0.6) is 0 Å². The van der Waals surface area contributed by atoms with Crippen molar-refractivity contribution in [3.8, 4) is 0 Å². The third-order valence-corrected chi connectivity index (χ3v) is 5.74. The Balaban J connectivity index is 1.48. The monoisotopic (exact) mass is 421 g/mol. The summed E-state index contributed by atoms with van der Waals surface area (Å²) in [6, 6.07) is 14.1. The lowest BCUT2D eigenvalue weighted by molar-refractivity contribution is -0.116. The minimum atomic E-state index is -0.359. The average molecular weight is 421 g/mol. The van der Waals surface area contributed by atoms with E-state index in [0.29, 0.717) is 16.5 Å². The van der Waals surface area contributed by atoms with E-state index in [0.717, 1.165) is 10.1 Å². The van der Waals surface area contributed by atoms with E-state index in [1.54, 1.807) is 30.5 Å². The number of imidazole rings is 1. The molecule has 2 heterocycles. The Bertz CT molecular complexity index is 1340. The molecule has 0 spiro atoms. The van der Waals surface area contributed by atoms with Gasteiger partial charge in [-0.15, -0.1) is 0 Å². The number of nitrogens with zero attached hydrogens (tertiary/aromatic N) is 3. The Morgan fingerprint density at radius 3 is 2.60 bits per heavy atom. The third kappa shape index (κ3) is 4.06. The van der Waals surface area contributed by atoms with Crippen LogP contribution in [0, 0.1) is 0 Å². The van der Waals surface area contributed by atoms with E-state index in [1.165, 1.54) is 16.4 Å². The summed E-state index contributed by atoms with van der Waals surface area (Å²) in [5, 5.41) is 6.89. The van der Waals surface area contributed by atoms with Gasteiger partial charge in [-0.3, -0.25) is 19.5 Å². The molecule has 0 aliphatic carbocycles. The van der Waals surface area contributed by atoms with E-state index >= 15 is 0 Å². The maximum atomic E-state index is 12.6. The number of aromatic nitrogens is 4. The van der Waals surface area contributed by atoms with Crippen LogP contribution in [0.2, 0.25) is 0 Å². The van der Waals surface area contributed by atoms with Crippen LogP contribution in [0.4, 0.5) is 5.69 Å². The number of aromatic amines is 1. The minimum Gasteiger partial charge on any atom is -0.329 e. The van der Waals surface area contributed by atoms with Crippen molar-refractivity contribution in [2.24, 2.45) is 7.05 Å². The number of nitrogens with one attached hydrogen (secondary N) is 2. The largest absolute Gasteiger partial charge is 0.329 e. The summed E-state index contributed by atoms with van der Waals surface area (Å²) in [6.45, 7) is 0.0689. The molecule has 2 N–H and O–H groups in total. The highest BCUT2D eigenvalue weighted by Gasteiger charge is 2.12. The van der Waals surface area contributed by atoms with Crippen molar-refractivity contribution in [3.63, 3.8) is 0 Å². The molecule has 0 aliphatic heterocycles. The number of anilines is 1. The molecule has 30 heavy (non-hydrogen) atoms. The molecular formula is C21H19N5O3S. The number of aryl methyl sites for hydroxylation is 2. The number of para-hydroxylation sites is 1. The second kappa shape index (κ2) is 8.42. The van der Waals surface area contributed by atoms with Gasteiger partial charge in [0.1, 0.15) is 0 Å². The fraction of sp³-hybridized carbons (Fsp3) is 0.143. The Morgan fingerprint density at radius 1 is 1.10 bits per heavy atom. The van der Waals surface area contributed by atoms with Gasteiger partial charge in [-0.1, -0.05) is 24.3 Å². The Morgan fingerprint density at radius 2 is 1.83 bits per heavy atom. The van der Waals surface area contributed by atoms with Crippen molar-refractivity contribution >= 4 is 34.1 Å². The van der Waals surface area contributed by atoms with Gasteiger partial charge < -0.3 is 9.88 Å². The standard InChI is InChI=1S/C21H19N5O3S/c1-25-13-11-22-21(25)30-17-9-5-4-8-16(17)23-18(27)10-12-26-20(29)15-7-3-2-6-14(15)19(28)24-26/h2-9,11,13H,10,12H2,1H3,(H,23,27)(H,24,28). The number of rotatable bonds is 6. The first-order valence-electron chi connectivity index (χ1n) is 9.29. The van der Waals surface area contributed by atoms with Crippen molar-refractivity contribution in [2.75, 3.05) is 5.32 Å². The maximum Gasteiger partial charge on any atom is 0.273 e. The van der Waals surface area contributed by atoms with Crippen molar-refractivity contribution in [1.82, 2.24) is 19.3 Å². The zero-order valence-corrected chi connectivity index (χ0v) is 17.0. The second-order valence-electron chi connectivity index (χ2n) is 6.66. The van der Waals surface area contributed by atoms with Crippen LogP contribution in [0.25, 0.3) is 10.8 Å². The van der Waals surface area contributed by atoms with E-state index in [9.17, 15) is 14.4 Å². The number of H-pyrrole nitrogens is 1. The summed E-state index contributed by atoms with van der Waals surface area (Å²) in [5.74, 6) is -0.260. The highest BCUT2D eigenvalue weighted by atomic mass is 32.2. The summed E-state index contributed by atoms with van der Waals surface area (Å²) in [5.41, 5.74) is -0.0268. The lowest BCUT2D eigenvalue weighted by atomic mass is 10.2. The van der Waals surface area contributed by atoms with E-state index in [1.807, 2.05) is 42.1 Å². The lowest BCUT2D eigenvalue weighted by Gasteiger charge is -2.11. The quantitative estimate of drug-likeness (QED) is 0.498. The first kappa shape index (κ1) is 19.7. The maximum absolute atomic E-state index is 12.6. The first-order valence-corrected chi connectivity index (χ1v) is 10.1. The molecule has 2 aromatic heterocycles. The SMILES string of the molecule is Cn1ccnc1Sc1ccccc1NC(=O)CCn1[nH]c(=O)c2ccccc2c1=O. The highest BCUT2D eigenvalue weighted by Crippen LogP contribution is 2.32. The summed E-state index contributed by atoms with van der Waals surface area (Å²) in [7, 11) is 1.90. The molecule has 1 amide bonds. The molecule has 0 aliphatic rings. The van der Waals surface area contributed by atoms with E-state index in [4.69, 9.17) is 0 Å². The van der Waals surface area contributed by atoms with Crippen LogP contribution < -0.4 is 16.4 Å². The molecular weight excluding hydrogens is 402 g/mol. The predicted molar refractivity (Wildman–Crippen MR) is 116 cm³/mol. The molecule has 8 nitrogen and oxygen atoms in total. The fourth-order valence-electron chi connectivity index (χ4n) is 3.04. The van der Waals surface area contributed by atoms with Gasteiger partial charge in [0.15, 0.2) is 5.16 Å². The molecule has 152 valence electrons. The molecule has 0 unspecified atom stereocenters. The topological polar surface area (TPSA) is 102 Å². The number of carbonyl (C=O) groups is 1. The predicted octanol–water partition coefficient (Wildman–Crippen LogP) is 2.60. The molecule has 0 fully saturated rings. The normalized spacial score (nSPS) is 11.0. The van der Waals surface area contributed by atoms with Crippen molar-refractivity contribution < 1.29 is 4.79 Å². The first-order chi connectivity index (χ1) is 14.5. The van der Waals surface area contributed by atoms with Gasteiger partial charge in [0.05, 0.1) is 23.0 Å². The van der Waals surface area contributed by atoms with E-state index < -0.39 is 0 Å². The Hall–Kier alpha value is -3.59. The van der Waals surface area contributed by atoms with Crippen LogP contribution in [0.15, 0.2) is 80.6 Å². The Labute approximate surface area is 175 Å². The van der Waals surface area contributed by atoms with E-state index in [-0.39, 0.29) is 30.0 Å².